The molecule has 5 heterocycles. The van der Waals surface area contributed by atoms with Gasteiger partial charge in [-0.25, -0.2) is 15.0 Å². The average Bonchev–Trinajstić information content (AvgIpc) is 3.45. The largest absolute Gasteiger partial charge is 0.467 e. The molecule has 0 unspecified atom stereocenters. The standard InChI is InChI=1S/C23H25N5OS/c1-4-10-28(11-5-1)22-17-9-3-2-8-16(17)18-19-20(30-23(18)27-22)21(26-14-25-19)24-13-15-7-6-12-29-15/h6-7,12,14H,1-5,8-11,13H2,(H,24,25,26)/p+1. The number of aryl methyl sites for hydroxylation is 1. The van der Waals surface area contributed by atoms with E-state index in [2.05, 4.69) is 20.2 Å². The number of aromatic nitrogens is 3. The van der Waals surface area contributed by atoms with Gasteiger partial charge in [-0.3, -0.25) is 4.90 Å². The van der Waals surface area contributed by atoms with Crippen LogP contribution in [0.3, 0.4) is 0 Å². The van der Waals surface area contributed by atoms with Gasteiger partial charge in [0.05, 0.1) is 36.8 Å². The van der Waals surface area contributed by atoms with Crippen molar-refractivity contribution in [2.45, 2.75) is 51.5 Å². The van der Waals surface area contributed by atoms with Crippen molar-refractivity contribution in [1.82, 2.24) is 9.97 Å². The van der Waals surface area contributed by atoms with E-state index in [0.717, 1.165) is 41.3 Å². The van der Waals surface area contributed by atoms with Crippen LogP contribution in [0.2, 0.25) is 0 Å². The van der Waals surface area contributed by atoms with Gasteiger partial charge in [0.2, 0.25) is 0 Å². The normalized spacial score (nSPS) is 16.9. The van der Waals surface area contributed by atoms with Crippen molar-refractivity contribution in [3.8, 4) is 0 Å². The summed E-state index contributed by atoms with van der Waals surface area (Å²) in [6.07, 6.45) is 12.2. The molecule has 4 aromatic heterocycles. The van der Waals surface area contributed by atoms with E-state index in [1.807, 2.05) is 12.1 Å². The number of furan rings is 1. The third-order valence-electron chi connectivity index (χ3n) is 6.44. The molecule has 0 saturated carbocycles. The SMILES string of the molecule is c1coc(CNc2ncnc3c2sc2[nH+]c(N4CCCCC4)c4c(c23)CCCC4)c1. The highest BCUT2D eigenvalue weighted by molar-refractivity contribution is 7.25. The molecular formula is C23H26N5OS+. The van der Waals surface area contributed by atoms with Gasteiger partial charge in [-0.2, -0.15) is 0 Å². The highest BCUT2D eigenvalue weighted by Gasteiger charge is 2.30. The maximum absolute atomic E-state index is 5.47. The van der Waals surface area contributed by atoms with Crippen LogP contribution in [0, 0.1) is 0 Å². The van der Waals surface area contributed by atoms with E-state index >= 15 is 0 Å². The zero-order valence-corrected chi connectivity index (χ0v) is 17.9. The fourth-order valence-electron chi connectivity index (χ4n) is 5.00. The summed E-state index contributed by atoms with van der Waals surface area (Å²) in [7, 11) is 0. The maximum atomic E-state index is 5.47. The van der Waals surface area contributed by atoms with E-state index in [1.165, 1.54) is 65.7 Å². The van der Waals surface area contributed by atoms with Crippen molar-refractivity contribution in [3.05, 3.63) is 41.6 Å². The van der Waals surface area contributed by atoms with Gasteiger partial charge in [-0.05, 0) is 62.6 Å². The molecule has 0 radical (unpaired) electrons. The molecule has 4 aromatic rings. The summed E-state index contributed by atoms with van der Waals surface area (Å²) in [6, 6.07) is 3.89. The van der Waals surface area contributed by atoms with Crippen LogP contribution >= 0.6 is 11.3 Å². The fourth-order valence-corrected chi connectivity index (χ4v) is 6.15. The van der Waals surface area contributed by atoms with Crippen LogP contribution in [-0.4, -0.2) is 23.1 Å². The summed E-state index contributed by atoms with van der Waals surface area (Å²) in [5.74, 6) is 3.15. The van der Waals surface area contributed by atoms with Crippen LogP contribution in [0.15, 0.2) is 29.1 Å². The first-order chi connectivity index (χ1) is 14.9. The Balaban J connectivity index is 1.49. The molecule has 6 rings (SSSR count). The maximum Gasteiger partial charge on any atom is 0.278 e. The minimum atomic E-state index is 0.619. The summed E-state index contributed by atoms with van der Waals surface area (Å²) in [5, 5.41) is 4.76. The molecule has 1 aliphatic carbocycles. The molecule has 1 aliphatic heterocycles. The Bertz CT molecular complexity index is 1190. The van der Waals surface area contributed by atoms with E-state index in [4.69, 9.17) is 9.40 Å². The number of pyridine rings is 1. The Labute approximate surface area is 179 Å². The molecule has 1 saturated heterocycles. The summed E-state index contributed by atoms with van der Waals surface area (Å²) >= 11 is 1.78. The molecule has 0 spiro atoms. The number of hydrogen-bond acceptors (Lipinski definition) is 6. The Morgan fingerprint density at radius 2 is 1.93 bits per heavy atom. The summed E-state index contributed by atoms with van der Waals surface area (Å²) < 4.78 is 6.59. The summed E-state index contributed by atoms with van der Waals surface area (Å²) in [6.45, 7) is 2.94. The van der Waals surface area contributed by atoms with Gasteiger partial charge in [0.15, 0.2) is 4.83 Å². The molecule has 0 amide bonds. The molecule has 30 heavy (non-hydrogen) atoms. The number of anilines is 2. The molecule has 2 aliphatic rings. The first-order valence-corrected chi connectivity index (χ1v) is 11.9. The average molecular weight is 421 g/mol. The second kappa shape index (κ2) is 7.54. The monoisotopic (exact) mass is 420 g/mol. The number of nitrogens with one attached hydrogen (secondary N) is 2. The highest BCUT2D eigenvalue weighted by Crippen LogP contribution is 2.41. The van der Waals surface area contributed by atoms with Crippen LogP contribution in [0.1, 0.15) is 49.0 Å². The van der Waals surface area contributed by atoms with Gasteiger partial charge in [0.25, 0.3) is 5.82 Å². The zero-order valence-electron chi connectivity index (χ0n) is 17.0. The van der Waals surface area contributed by atoms with Crippen LogP contribution < -0.4 is 15.2 Å². The first kappa shape index (κ1) is 18.1. The minimum Gasteiger partial charge on any atom is -0.467 e. The highest BCUT2D eigenvalue weighted by atomic mass is 32.1. The molecule has 154 valence electrons. The number of piperidine rings is 1. The third kappa shape index (κ3) is 3.03. The molecule has 6 nitrogen and oxygen atoms in total. The fraction of sp³-hybridized carbons (Fsp3) is 0.435. The van der Waals surface area contributed by atoms with E-state index in [9.17, 15) is 0 Å². The van der Waals surface area contributed by atoms with Gasteiger partial charge in [-0.1, -0.05) is 11.3 Å². The first-order valence-electron chi connectivity index (χ1n) is 11.0. The number of thiophene rings is 1. The van der Waals surface area contributed by atoms with E-state index < -0.39 is 0 Å². The van der Waals surface area contributed by atoms with Crippen molar-refractivity contribution in [2.75, 3.05) is 23.3 Å². The molecule has 0 atom stereocenters. The van der Waals surface area contributed by atoms with Gasteiger partial charge >= 0.3 is 0 Å². The van der Waals surface area contributed by atoms with Crippen LogP contribution in [0.5, 0.6) is 0 Å². The van der Waals surface area contributed by atoms with Gasteiger partial charge in [-0.15, -0.1) is 0 Å². The van der Waals surface area contributed by atoms with Crippen molar-refractivity contribution in [3.63, 3.8) is 0 Å². The van der Waals surface area contributed by atoms with E-state index in [1.54, 1.807) is 23.9 Å². The Hall–Kier alpha value is -2.67. The number of rotatable bonds is 4. The lowest BCUT2D eigenvalue weighted by molar-refractivity contribution is -0.328. The summed E-state index contributed by atoms with van der Waals surface area (Å²) in [5.41, 5.74) is 4.11. The Morgan fingerprint density at radius 3 is 2.77 bits per heavy atom. The van der Waals surface area contributed by atoms with Crippen LogP contribution in [0.4, 0.5) is 11.6 Å². The quantitative estimate of drug-likeness (QED) is 0.517. The Kier molecular flexibility index (Phi) is 4.56. The molecule has 2 N–H and O–H groups in total. The van der Waals surface area contributed by atoms with E-state index in [0.29, 0.717) is 6.54 Å². The van der Waals surface area contributed by atoms with Crippen molar-refractivity contribution in [1.29, 1.82) is 0 Å². The Morgan fingerprint density at radius 1 is 1.07 bits per heavy atom. The number of hydrogen-bond donors (Lipinski definition) is 1. The number of H-pyrrole nitrogens is 1. The number of aromatic amines is 1. The predicted molar refractivity (Wildman–Crippen MR) is 120 cm³/mol. The predicted octanol–water partition coefficient (Wildman–Crippen LogP) is 4.73. The third-order valence-corrected chi connectivity index (χ3v) is 7.54. The number of fused-ring (bicyclic) bond motifs is 5. The molecule has 0 aromatic carbocycles. The smallest absolute Gasteiger partial charge is 0.278 e. The van der Waals surface area contributed by atoms with Gasteiger partial charge < -0.3 is 9.73 Å². The topological polar surface area (TPSA) is 68.3 Å². The van der Waals surface area contributed by atoms with Crippen molar-refractivity contribution in [2.24, 2.45) is 0 Å². The number of nitrogens with zero attached hydrogens (tertiary/aromatic N) is 3. The molecule has 7 heteroatoms. The van der Waals surface area contributed by atoms with Crippen molar-refractivity contribution < 1.29 is 9.40 Å². The lowest BCUT2D eigenvalue weighted by Gasteiger charge is -2.25. The molecular weight excluding hydrogens is 394 g/mol. The minimum absolute atomic E-state index is 0.619. The van der Waals surface area contributed by atoms with Gasteiger partial charge in [0, 0.05) is 5.56 Å². The molecule has 0 bridgehead atoms. The second-order valence-electron chi connectivity index (χ2n) is 8.32. The second-order valence-corrected chi connectivity index (χ2v) is 9.35. The molecule has 1 fully saturated rings. The zero-order chi connectivity index (χ0) is 19.9. The van der Waals surface area contributed by atoms with Crippen LogP contribution in [0.25, 0.3) is 20.4 Å². The van der Waals surface area contributed by atoms with Crippen LogP contribution in [-0.2, 0) is 19.4 Å². The lowest BCUT2D eigenvalue weighted by atomic mass is 9.89. The van der Waals surface area contributed by atoms with Gasteiger partial charge in [0.1, 0.15) is 22.6 Å². The van der Waals surface area contributed by atoms with Crippen molar-refractivity contribution >= 4 is 43.4 Å². The summed E-state index contributed by atoms with van der Waals surface area (Å²) in [4.78, 5) is 16.9. The van der Waals surface area contributed by atoms with E-state index in [-0.39, 0.29) is 0 Å². The lowest BCUT2D eigenvalue weighted by Crippen LogP contribution is -2.36.